The van der Waals surface area contributed by atoms with E-state index in [0.29, 0.717) is 17.9 Å². The molecule has 2 heterocycles. The van der Waals surface area contributed by atoms with Crippen molar-refractivity contribution in [3.8, 4) is 0 Å². The molecule has 0 radical (unpaired) electrons. The topological polar surface area (TPSA) is 67.3 Å². The largest absolute Gasteiger partial charge is 0.338 e. The Morgan fingerprint density at radius 3 is 2.62 bits per heavy atom. The number of para-hydroxylation sites is 1. The van der Waals surface area contributed by atoms with E-state index >= 15 is 0 Å². The van der Waals surface area contributed by atoms with Gasteiger partial charge >= 0.3 is 0 Å². The molecule has 1 saturated heterocycles. The molecule has 1 aromatic carbocycles. The maximum absolute atomic E-state index is 13.1. The summed E-state index contributed by atoms with van der Waals surface area (Å²) >= 11 is 0. The summed E-state index contributed by atoms with van der Waals surface area (Å²) in [5, 5.41) is 0.833. The molecule has 2 aliphatic rings. The number of sulfone groups is 1. The second-order valence-electron chi connectivity index (χ2n) is 6.86. The van der Waals surface area contributed by atoms with Crippen LogP contribution >= 0.6 is 0 Å². The minimum atomic E-state index is -3.02. The van der Waals surface area contributed by atoms with E-state index in [4.69, 9.17) is 4.98 Å². The Balaban J connectivity index is 1.73. The first-order valence-electron chi connectivity index (χ1n) is 8.32. The number of benzene rings is 1. The van der Waals surface area contributed by atoms with Gasteiger partial charge in [0.05, 0.1) is 22.6 Å². The first-order valence-corrected chi connectivity index (χ1v) is 10.1. The number of amides is 1. The van der Waals surface area contributed by atoms with E-state index in [1.54, 1.807) is 11.9 Å². The van der Waals surface area contributed by atoms with Crippen molar-refractivity contribution in [2.75, 3.05) is 18.6 Å². The third kappa shape index (κ3) is 2.79. The Labute approximate surface area is 141 Å². The van der Waals surface area contributed by atoms with Crippen molar-refractivity contribution in [1.29, 1.82) is 0 Å². The molecule has 126 valence electrons. The molecule has 2 fully saturated rings. The second-order valence-corrected chi connectivity index (χ2v) is 9.09. The quantitative estimate of drug-likeness (QED) is 0.857. The lowest BCUT2D eigenvalue weighted by atomic mass is 10.0. The van der Waals surface area contributed by atoms with Gasteiger partial charge in [-0.05, 0) is 31.4 Å². The van der Waals surface area contributed by atoms with Crippen molar-refractivity contribution in [2.24, 2.45) is 0 Å². The number of hydrogen-bond acceptors (Lipinski definition) is 4. The molecule has 0 bridgehead atoms. The van der Waals surface area contributed by atoms with Crippen LogP contribution in [0.25, 0.3) is 10.9 Å². The minimum absolute atomic E-state index is 0.0632. The summed E-state index contributed by atoms with van der Waals surface area (Å²) in [6, 6.07) is 9.33. The zero-order valence-electron chi connectivity index (χ0n) is 13.6. The van der Waals surface area contributed by atoms with Crippen LogP contribution in [-0.4, -0.2) is 48.8 Å². The van der Waals surface area contributed by atoms with Crippen molar-refractivity contribution >= 4 is 26.6 Å². The van der Waals surface area contributed by atoms with E-state index in [0.717, 1.165) is 29.4 Å². The average molecular weight is 344 g/mol. The number of hydrogen-bond donors (Lipinski definition) is 0. The van der Waals surface area contributed by atoms with Crippen LogP contribution in [0, 0.1) is 0 Å². The third-order valence-electron chi connectivity index (χ3n) is 5.04. The minimum Gasteiger partial charge on any atom is -0.338 e. The highest BCUT2D eigenvalue weighted by Crippen LogP contribution is 2.40. The number of rotatable bonds is 3. The molecule has 4 rings (SSSR count). The van der Waals surface area contributed by atoms with E-state index in [1.165, 1.54) is 0 Å². The summed E-state index contributed by atoms with van der Waals surface area (Å²) in [5.74, 6) is 0.573. The lowest BCUT2D eigenvalue weighted by molar-refractivity contribution is 0.0749. The molecular formula is C18H20N2O3S. The molecule has 1 aliphatic heterocycles. The SMILES string of the molecule is CN(C(=O)c1cc(C2CC2)nc2ccccc12)[C@H]1CCS(=O)(=O)C1. The zero-order chi connectivity index (χ0) is 16.9. The molecule has 0 N–H and O–H groups in total. The predicted molar refractivity (Wildman–Crippen MR) is 92.9 cm³/mol. The fraction of sp³-hybridized carbons (Fsp3) is 0.444. The summed E-state index contributed by atoms with van der Waals surface area (Å²) in [6.45, 7) is 0. The molecule has 2 aromatic rings. The molecule has 1 saturated carbocycles. The highest BCUT2D eigenvalue weighted by Gasteiger charge is 2.34. The second kappa shape index (κ2) is 5.55. The monoisotopic (exact) mass is 344 g/mol. The van der Waals surface area contributed by atoms with Gasteiger partial charge in [0.2, 0.25) is 0 Å². The molecule has 24 heavy (non-hydrogen) atoms. The van der Waals surface area contributed by atoms with E-state index < -0.39 is 9.84 Å². The van der Waals surface area contributed by atoms with E-state index in [-0.39, 0.29) is 23.5 Å². The first-order chi connectivity index (χ1) is 11.4. The van der Waals surface area contributed by atoms with Gasteiger partial charge < -0.3 is 4.90 Å². The third-order valence-corrected chi connectivity index (χ3v) is 6.79. The van der Waals surface area contributed by atoms with Gasteiger partial charge in [-0.15, -0.1) is 0 Å². The van der Waals surface area contributed by atoms with Crippen molar-refractivity contribution in [1.82, 2.24) is 9.88 Å². The highest BCUT2D eigenvalue weighted by atomic mass is 32.2. The van der Waals surface area contributed by atoms with Crippen molar-refractivity contribution in [3.05, 3.63) is 41.6 Å². The molecule has 0 unspecified atom stereocenters. The Bertz CT molecular complexity index is 919. The molecule has 1 amide bonds. The van der Waals surface area contributed by atoms with Crippen LogP contribution in [0.3, 0.4) is 0 Å². The van der Waals surface area contributed by atoms with Gasteiger partial charge in [-0.1, -0.05) is 18.2 Å². The fourth-order valence-electron chi connectivity index (χ4n) is 3.40. The van der Waals surface area contributed by atoms with E-state index in [2.05, 4.69) is 0 Å². The van der Waals surface area contributed by atoms with Gasteiger partial charge in [-0.3, -0.25) is 9.78 Å². The van der Waals surface area contributed by atoms with Gasteiger partial charge in [0.15, 0.2) is 9.84 Å². The maximum atomic E-state index is 13.1. The first kappa shape index (κ1) is 15.6. The summed E-state index contributed by atoms with van der Waals surface area (Å²) < 4.78 is 23.4. The van der Waals surface area contributed by atoms with Crippen LogP contribution in [0.5, 0.6) is 0 Å². The van der Waals surface area contributed by atoms with Crippen LogP contribution in [0.1, 0.15) is 41.2 Å². The predicted octanol–water partition coefficient (Wildman–Crippen LogP) is 2.37. The number of carbonyl (C=O) groups excluding carboxylic acids is 1. The van der Waals surface area contributed by atoms with Crippen LogP contribution in [-0.2, 0) is 9.84 Å². The maximum Gasteiger partial charge on any atom is 0.254 e. The highest BCUT2D eigenvalue weighted by molar-refractivity contribution is 7.91. The van der Waals surface area contributed by atoms with Crippen LogP contribution < -0.4 is 0 Å². The number of pyridine rings is 1. The van der Waals surface area contributed by atoms with E-state index in [9.17, 15) is 13.2 Å². The molecule has 0 spiro atoms. The molecule has 1 aromatic heterocycles. The van der Waals surface area contributed by atoms with Gasteiger partial charge in [-0.25, -0.2) is 8.42 Å². The summed E-state index contributed by atoms with van der Waals surface area (Å²) in [5.41, 5.74) is 2.44. The smallest absolute Gasteiger partial charge is 0.254 e. The summed E-state index contributed by atoms with van der Waals surface area (Å²) in [4.78, 5) is 19.3. The molecule has 6 heteroatoms. The van der Waals surface area contributed by atoms with Gasteiger partial charge in [0.25, 0.3) is 5.91 Å². The molecule has 5 nitrogen and oxygen atoms in total. The van der Waals surface area contributed by atoms with Gasteiger partial charge in [-0.2, -0.15) is 0 Å². The fourth-order valence-corrected chi connectivity index (χ4v) is 5.17. The molecule has 1 atom stereocenters. The average Bonchev–Trinajstić information content (AvgIpc) is 3.36. The number of nitrogens with zero attached hydrogens (tertiary/aromatic N) is 2. The number of fused-ring (bicyclic) bond motifs is 1. The van der Waals surface area contributed by atoms with E-state index in [1.807, 2.05) is 30.3 Å². The Kier molecular flexibility index (Phi) is 3.60. The van der Waals surface area contributed by atoms with Crippen LogP contribution in [0.2, 0.25) is 0 Å². The standard InChI is InChI=1S/C18H20N2O3S/c1-20(13-8-9-24(22,23)11-13)18(21)15-10-17(12-6-7-12)19-16-5-3-2-4-14(15)16/h2-5,10,12-13H,6-9,11H2,1H3/t13-/m0/s1. The van der Waals surface area contributed by atoms with Crippen LogP contribution in [0.15, 0.2) is 30.3 Å². The number of aromatic nitrogens is 1. The lowest BCUT2D eigenvalue weighted by Crippen LogP contribution is -2.38. The zero-order valence-corrected chi connectivity index (χ0v) is 14.4. The molecular weight excluding hydrogens is 324 g/mol. The Morgan fingerprint density at radius 2 is 1.96 bits per heavy atom. The van der Waals surface area contributed by atoms with Gasteiger partial charge in [0, 0.05) is 30.1 Å². The summed E-state index contributed by atoms with van der Waals surface area (Å²) in [6.07, 6.45) is 2.76. The lowest BCUT2D eigenvalue weighted by Gasteiger charge is -2.24. The summed E-state index contributed by atoms with van der Waals surface area (Å²) in [7, 11) is -1.31. The van der Waals surface area contributed by atoms with Crippen molar-refractivity contribution < 1.29 is 13.2 Å². The van der Waals surface area contributed by atoms with Crippen molar-refractivity contribution in [2.45, 2.75) is 31.2 Å². The Hall–Kier alpha value is -1.95. The van der Waals surface area contributed by atoms with Crippen molar-refractivity contribution in [3.63, 3.8) is 0 Å². The Morgan fingerprint density at radius 1 is 1.21 bits per heavy atom. The van der Waals surface area contributed by atoms with Gasteiger partial charge in [0.1, 0.15) is 0 Å². The normalized spacial score (nSPS) is 22.6. The van der Waals surface area contributed by atoms with Crippen LogP contribution in [0.4, 0.5) is 0 Å². The number of carbonyl (C=O) groups is 1. The molecule has 1 aliphatic carbocycles.